The predicted molar refractivity (Wildman–Crippen MR) is 121 cm³/mol. The molecule has 2 aromatic carbocycles. The van der Waals surface area contributed by atoms with Gasteiger partial charge in [-0.3, -0.25) is 4.79 Å². The number of halogens is 2. The lowest BCUT2D eigenvalue weighted by atomic mass is 9.85. The number of carboxylic acids is 1. The summed E-state index contributed by atoms with van der Waals surface area (Å²) in [4.78, 5) is 26.8. The number of hydrogen-bond acceptors (Lipinski definition) is 5. The Morgan fingerprint density at radius 2 is 1.88 bits per heavy atom. The number of nitrogens with one attached hydrogen (secondary N) is 1. The van der Waals surface area contributed by atoms with Crippen molar-refractivity contribution in [3.8, 4) is 28.5 Å². The first-order chi connectivity index (χ1) is 16.4. The molecule has 4 aromatic rings. The zero-order valence-electron chi connectivity index (χ0n) is 18.2. The quantitative estimate of drug-likeness (QED) is 0.397. The zero-order chi connectivity index (χ0) is 23.7. The van der Waals surface area contributed by atoms with Gasteiger partial charge in [-0.2, -0.15) is 0 Å². The van der Waals surface area contributed by atoms with Crippen LogP contribution in [-0.4, -0.2) is 37.1 Å². The smallest absolute Gasteiger partial charge is 0.303 e. The largest absolute Gasteiger partial charge is 0.481 e. The first kappa shape index (κ1) is 21.9. The number of nitrogens with zero attached hydrogens (tertiary/aromatic N) is 3. The average Bonchev–Trinajstić information content (AvgIpc) is 3.23. The highest BCUT2D eigenvalue weighted by Crippen LogP contribution is 2.30. The van der Waals surface area contributed by atoms with Gasteiger partial charge in [-0.1, -0.05) is 6.07 Å². The van der Waals surface area contributed by atoms with Gasteiger partial charge < -0.3 is 14.8 Å². The monoisotopic (exact) mass is 464 g/mol. The van der Waals surface area contributed by atoms with Gasteiger partial charge in [-0.15, -0.1) is 0 Å². The summed E-state index contributed by atoms with van der Waals surface area (Å²) in [7, 11) is 0. The molecule has 0 atom stereocenters. The Hall–Kier alpha value is -3.88. The van der Waals surface area contributed by atoms with E-state index in [1.165, 1.54) is 30.6 Å². The molecule has 2 N–H and O–H groups in total. The van der Waals surface area contributed by atoms with Crippen LogP contribution in [-0.2, 0) is 4.79 Å². The second-order valence-electron chi connectivity index (χ2n) is 8.54. The fraction of sp³-hybridized carbons (Fsp3) is 0.280. The van der Waals surface area contributed by atoms with Crippen LogP contribution in [0.15, 0.2) is 48.8 Å². The van der Waals surface area contributed by atoms with Gasteiger partial charge in [0, 0.05) is 18.1 Å². The van der Waals surface area contributed by atoms with E-state index in [0.29, 0.717) is 34.0 Å². The van der Waals surface area contributed by atoms with Crippen molar-refractivity contribution in [2.75, 3.05) is 0 Å². The molecule has 1 fully saturated rings. The van der Waals surface area contributed by atoms with Crippen LogP contribution in [0.1, 0.15) is 32.1 Å². The van der Waals surface area contributed by atoms with Crippen molar-refractivity contribution in [1.29, 1.82) is 0 Å². The normalized spacial score (nSPS) is 18.2. The summed E-state index contributed by atoms with van der Waals surface area (Å²) in [6.45, 7) is 0. The minimum absolute atomic E-state index is 0.0146. The zero-order valence-corrected chi connectivity index (χ0v) is 18.2. The topological polar surface area (TPSA) is 101 Å². The lowest BCUT2D eigenvalue weighted by Crippen LogP contribution is -2.25. The Morgan fingerprint density at radius 3 is 2.59 bits per heavy atom. The first-order valence-corrected chi connectivity index (χ1v) is 11.1. The van der Waals surface area contributed by atoms with Gasteiger partial charge in [-0.25, -0.2) is 23.7 Å². The van der Waals surface area contributed by atoms with Crippen LogP contribution in [0.2, 0.25) is 0 Å². The van der Waals surface area contributed by atoms with Crippen molar-refractivity contribution in [1.82, 2.24) is 19.9 Å². The number of rotatable bonds is 6. The van der Waals surface area contributed by atoms with E-state index in [1.54, 1.807) is 18.2 Å². The fourth-order valence-corrected chi connectivity index (χ4v) is 4.37. The molecule has 1 aliphatic carbocycles. The molecule has 5 rings (SSSR count). The van der Waals surface area contributed by atoms with Crippen molar-refractivity contribution in [2.24, 2.45) is 5.92 Å². The third-order valence-electron chi connectivity index (χ3n) is 6.14. The number of aromatic amines is 1. The molecule has 34 heavy (non-hydrogen) atoms. The van der Waals surface area contributed by atoms with E-state index in [4.69, 9.17) is 9.84 Å². The van der Waals surface area contributed by atoms with Gasteiger partial charge in [0.15, 0.2) is 0 Å². The van der Waals surface area contributed by atoms with Gasteiger partial charge in [0.1, 0.15) is 23.6 Å². The van der Waals surface area contributed by atoms with E-state index in [2.05, 4.69) is 19.9 Å². The van der Waals surface area contributed by atoms with E-state index in [9.17, 15) is 13.6 Å². The summed E-state index contributed by atoms with van der Waals surface area (Å²) < 4.78 is 34.2. The maximum Gasteiger partial charge on any atom is 0.303 e. The molecule has 0 aliphatic heterocycles. The second kappa shape index (κ2) is 9.17. The van der Waals surface area contributed by atoms with E-state index in [-0.39, 0.29) is 24.0 Å². The SMILES string of the molecule is O=C(O)C[C@H]1CC[C@H](Oc2cnc(-c3ccc(-c4nc5cc(F)ccc5[nH]4)c(F)c3)cn2)CC1. The molecule has 0 radical (unpaired) electrons. The van der Waals surface area contributed by atoms with Crippen LogP contribution in [0.3, 0.4) is 0 Å². The van der Waals surface area contributed by atoms with E-state index in [1.807, 2.05) is 0 Å². The lowest BCUT2D eigenvalue weighted by Gasteiger charge is -2.27. The molecular formula is C25H22F2N4O3. The number of carbonyl (C=O) groups is 1. The van der Waals surface area contributed by atoms with Crippen molar-refractivity contribution in [3.63, 3.8) is 0 Å². The number of H-pyrrole nitrogens is 1. The summed E-state index contributed by atoms with van der Waals surface area (Å²) in [6.07, 6.45) is 6.42. The Balaban J connectivity index is 1.26. The summed E-state index contributed by atoms with van der Waals surface area (Å²) in [5.74, 6) is -0.752. The van der Waals surface area contributed by atoms with Crippen LogP contribution in [0.25, 0.3) is 33.7 Å². The first-order valence-electron chi connectivity index (χ1n) is 11.1. The molecule has 0 saturated heterocycles. The number of benzene rings is 2. The fourth-order valence-electron chi connectivity index (χ4n) is 4.37. The molecule has 1 aliphatic rings. The number of aromatic nitrogens is 4. The van der Waals surface area contributed by atoms with Gasteiger partial charge in [0.2, 0.25) is 5.88 Å². The third kappa shape index (κ3) is 4.73. The van der Waals surface area contributed by atoms with Gasteiger partial charge >= 0.3 is 5.97 Å². The molecule has 2 heterocycles. The van der Waals surface area contributed by atoms with Crippen molar-refractivity contribution in [3.05, 3.63) is 60.4 Å². The maximum absolute atomic E-state index is 14.9. The van der Waals surface area contributed by atoms with Crippen LogP contribution in [0, 0.1) is 17.6 Å². The minimum atomic E-state index is -0.761. The Labute approximate surface area is 193 Å². The van der Waals surface area contributed by atoms with Crippen LogP contribution >= 0.6 is 0 Å². The number of carboxylic acid groups (broad SMARTS) is 1. The number of ether oxygens (including phenoxy) is 1. The van der Waals surface area contributed by atoms with Gasteiger partial charge in [0.25, 0.3) is 0 Å². The number of imidazole rings is 1. The Morgan fingerprint density at radius 1 is 1.06 bits per heavy atom. The summed E-state index contributed by atoms with van der Waals surface area (Å²) in [5, 5.41) is 8.93. The molecular weight excluding hydrogens is 442 g/mol. The molecule has 2 aromatic heterocycles. The summed E-state index contributed by atoms with van der Waals surface area (Å²) in [6, 6.07) is 8.86. The van der Waals surface area contributed by atoms with E-state index >= 15 is 0 Å². The van der Waals surface area contributed by atoms with Crippen molar-refractivity contribution < 1.29 is 23.4 Å². The Kier molecular flexibility index (Phi) is 5.91. The standard InChI is InChI=1S/C25H22F2N4O3/c26-16-4-8-20-21(11-16)31-25(30-20)18-7-3-15(10-19(18)27)22-12-29-23(13-28-22)34-17-5-1-14(2-6-17)9-24(32)33/h3-4,7-8,10-14,17H,1-2,5-6,9H2,(H,30,31)(H,32,33)/t14-,17-. The molecule has 0 spiro atoms. The molecule has 0 bridgehead atoms. The summed E-state index contributed by atoms with van der Waals surface area (Å²) in [5.41, 5.74) is 2.37. The molecule has 174 valence electrons. The van der Waals surface area contributed by atoms with E-state index < -0.39 is 17.6 Å². The van der Waals surface area contributed by atoms with Crippen LogP contribution in [0.4, 0.5) is 8.78 Å². The molecule has 1 saturated carbocycles. The lowest BCUT2D eigenvalue weighted by molar-refractivity contribution is -0.138. The third-order valence-corrected chi connectivity index (χ3v) is 6.14. The van der Waals surface area contributed by atoms with Crippen LogP contribution in [0.5, 0.6) is 5.88 Å². The van der Waals surface area contributed by atoms with E-state index in [0.717, 1.165) is 25.7 Å². The summed E-state index contributed by atoms with van der Waals surface area (Å²) >= 11 is 0. The molecule has 7 nitrogen and oxygen atoms in total. The highest BCUT2D eigenvalue weighted by atomic mass is 19.1. The minimum Gasteiger partial charge on any atom is -0.481 e. The highest BCUT2D eigenvalue weighted by molar-refractivity contribution is 5.80. The Bertz CT molecular complexity index is 1330. The van der Waals surface area contributed by atoms with Gasteiger partial charge in [0.05, 0.1) is 34.7 Å². The van der Waals surface area contributed by atoms with Crippen molar-refractivity contribution >= 4 is 17.0 Å². The highest BCUT2D eigenvalue weighted by Gasteiger charge is 2.24. The van der Waals surface area contributed by atoms with Gasteiger partial charge in [-0.05, 0) is 55.9 Å². The maximum atomic E-state index is 14.9. The second-order valence-corrected chi connectivity index (χ2v) is 8.54. The number of hydrogen-bond donors (Lipinski definition) is 2. The van der Waals surface area contributed by atoms with Crippen LogP contribution < -0.4 is 4.74 Å². The molecule has 0 unspecified atom stereocenters. The molecule has 0 amide bonds. The van der Waals surface area contributed by atoms with Crippen molar-refractivity contribution in [2.45, 2.75) is 38.2 Å². The predicted octanol–water partition coefficient (Wildman–Crippen LogP) is 5.38. The average molecular weight is 464 g/mol. The number of aliphatic carboxylic acids is 1. The molecule has 9 heteroatoms. The number of fused-ring (bicyclic) bond motifs is 1.